The van der Waals surface area contributed by atoms with Crippen molar-refractivity contribution in [3.05, 3.63) is 23.9 Å². The topological polar surface area (TPSA) is 71.5 Å². The maximum Gasteiger partial charge on any atom is 0.252 e. The zero-order valence-electron chi connectivity index (χ0n) is 11.3. The van der Waals surface area contributed by atoms with Gasteiger partial charge in [0.05, 0.1) is 18.8 Å². The van der Waals surface area contributed by atoms with E-state index in [0.717, 1.165) is 0 Å². The summed E-state index contributed by atoms with van der Waals surface area (Å²) in [4.78, 5) is 16.1. The molecule has 0 aliphatic heterocycles. The Kier molecular flexibility index (Phi) is 4.04. The number of aromatic nitrogens is 1. The van der Waals surface area contributed by atoms with Crippen molar-refractivity contribution in [3.63, 3.8) is 0 Å². The molecule has 1 heterocycles. The van der Waals surface area contributed by atoms with Crippen LogP contribution in [-0.4, -0.2) is 34.8 Å². The van der Waals surface area contributed by atoms with E-state index in [1.165, 1.54) is 12.8 Å². The van der Waals surface area contributed by atoms with Gasteiger partial charge in [-0.2, -0.15) is 0 Å². The zero-order valence-corrected chi connectivity index (χ0v) is 11.3. The highest BCUT2D eigenvalue weighted by Gasteiger charge is 2.23. The number of hydrogen-bond donors (Lipinski definition) is 2. The van der Waals surface area contributed by atoms with Gasteiger partial charge in [0.1, 0.15) is 0 Å². The molecule has 1 aromatic heterocycles. The first-order chi connectivity index (χ1) is 9.00. The van der Waals surface area contributed by atoms with Gasteiger partial charge in [-0.15, -0.1) is 0 Å². The molecule has 0 spiro atoms. The van der Waals surface area contributed by atoms with Crippen molar-refractivity contribution in [2.75, 3.05) is 13.2 Å². The number of carbonyl (C=O) groups is 1. The summed E-state index contributed by atoms with van der Waals surface area (Å²) in [6.45, 7) is 4.07. The fraction of sp³-hybridized carbons (Fsp3) is 0.571. The monoisotopic (exact) mass is 264 g/mol. The summed E-state index contributed by atoms with van der Waals surface area (Å²) in [6, 6.07) is 3.26. The van der Waals surface area contributed by atoms with E-state index in [9.17, 15) is 4.79 Å². The van der Waals surface area contributed by atoms with Crippen molar-refractivity contribution in [1.29, 1.82) is 0 Å². The molecule has 0 atom stereocenters. The largest absolute Gasteiger partial charge is 0.477 e. The molecule has 1 aliphatic rings. The summed E-state index contributed by atoms with van der Waals surface area (Å²) in [5.41, 5.74) is -0.155. The highest BCUT2D eigenvalue weighted by atomic mass is 16.5. The molecule has 5 nitrogen and oxygen atoms in total. The van der Waals surface area contributed by atoms with Crippen LogP contribution in [0, 0.1) is 5.92 Å². The highest BCUT2D eigenvalue weighted by molar-refractivity contribution is 5.94. The minimum atomic E-state index is -0.643. The van der Waals surface area contributed by atoms with E-state index >= 15 is 0 Å². The van der Waals surface area contributed by atoms with E-state index in [1.807, 2.05) is 0 Å². The summed E-state index contributed by atoms with van der Waals surface area (Å²) < 4.78 is 5.54. The molecule has 1 amide bonds. The number of carbonyl (C=O) groups excluding carboxylic acids is 1. The number of amides is 1. The second-order valence-corrected chi connectivity index (χ2v) is 5.63. The number of aliphatic hydroxyl groups is 1. The van der Waals surface area contributed by atoms with Gasteiger partial charge in [0, 0.05) is 17.8 Å². The van der Waals surface area contributed by atoms with Gasteiger partial charge in [0.2, 0.25) is 5.88 Å². The van der Waals surface area contributed by atoms with Crippen LogP contribution < -0.4 is 10.1 Å². The molecule has 1 aromatic rings. The molecule has 0 aromatic carbocycles. The Morgan fingerprint density at radius 2 is 2.32 bits per heavy atom. The van der Waals surface area contributed by atoms with E-state index in [2.05, 4.69) is 10.3 Å². The average molecular weight is 264 g/mol. The standard InChI is InChI=1S/C14H20N2O3/c1-14(2,9-17)16-13(18)11-5-6-15-12(7-11)19-8-10-3-4-10/h5-7,10,17H,3-4,8-9H2,1-2H3,(H,16,18). The van der Waals surface area contributed by atoms with Crippen LogP contribution in [0.4, 0.5) is 0 Å². The second kappa shape index (κ2) is 5.57. The van der Waals surface area contributed by atoms with Crippen LogP contribution >= 0.6 is 0 Å². The van der Waals surface area contributed by atoms with Crippen molar-refractivity contribution in [1.82, 2.24) is 10.3 Å². The van der Waals surface area contributed by atoms with Crippen LogP contribution in [0.1, 0.15) is 37.0 Å². The Bertz CT molecular complexity index is 456. The number of nitrogens with zero attached hydrogens (tertiary/aromatic N) is 1. The smallest absolute Gasteiger partial charge is 0.252 e. The van der Waals surface area contributed by atoms with E-state index in [4.69, 9.17) is 9.84 Å². The molecular weight excluding hydrogens is 244 g/mol. The maximum absolute atomic E-state index is 12.0. The van der Waals surface area contributed by atoms with Crippen LogP contribution in [0.15, 0.2) is 18.3 Å². The fourth-order valence-corrected chi connectivity index (χ4v) is 1.54. The molecule has 1 fully saturated rings. The minimum absolute atomic E-state index is 0.116. The number of nitrogens with one attached hydrogen (secondary N) is 1. The molecule has 0 bridgehead atoms. The Balaban J connectivity index is 1.98. The molecule has 2 N–H and O–H groups in total. The van der Waals surface area contributed by atoms with Crippen molar-refractivity contribution in [3.8, 4) is 5.88 Å². The summed E-state index contributed by atoms with van der Waals surface area (Å²) in [5, 5.41) is 11.9. The lowest BCUT2D eigenvalue weighted by Gasteiger charge is -2.23. The predicted molar refractivity (Wildman–Crippen MR) is 71.1 cm³/mol. The number of hydrogen-bond acceptors (Lipinski definition) is 4. The molecule has 0 saturated heterocycles. The summed E-state index contributed by atoms with van der Waals surface area (Å²) in [5.74, 6) is 0.881. The third-order valence-corrected chi connectivity index (χ3v) is 3.01. The number of aliphatic hydroxyl groups excluding tert-OH is 1. The molecule has 1 aliphatic carbocycles. The second-order valence-electron chi connectivity index (χ2n) is 5.63. The van der Waals surface area contributed by atoms with E-state index < -0.39 is 5.54 Å². The van der Waals surface area contributed by atoms with E-state index in [-0.39, 0.29) is 12.5 Å². The minimum Gasteiger partial charge on any atom is -0.477 e. The number of ether oxygens (including phenoxy) is 1. The van der Waals surface area contributed by atoms with Crippen LogP contribution in [0.3, 0.4) is 0 Å². The first-order valence-electron chi connectivity index (χ1n) is 6.52. The third kappa shape index (κ3) is 4.21. The lowest BCUT2D eigenvalue weighted by Crippen LogP contribution is -2.46. The van der Waals surface area contributed by atoms with Crippen molar-refractivity contribution in [2.45, 2.75) is 32.2 Å². The van der Waals surface area contributed by atoms with Gasteiger partial charge in [-0.05, 0) is 38.7 Å². The molecule has 0 unspecified atom stereocenters. The Morgan fingerprint density at radius 3 is 2.95 bits per heavy atom. The van der Waals surface area contributed by atoms with Gasteiger partial charge < -0.3 is 15.2 Å². The summed E-state index contributed by atoms with van der Waals surface area (Å²) in [7, 11) is 0. The lowest BCUT2D eigenvalue weighted by molar-refractivity contribution is 0.0868. The Hall–Kier alpha value is -1.62. The SMILES string of the molecule is CC(C)(CO)NC(=O)c1ccnc(OCC2CC2)c1. The van der Waals surface area contributed by atoms with Gasteiger partial charge >= 0.3 is 0 Å². The Labute approximate surface area is 113 Å². The Morgan fingerprint density at radius 1 is 1.58 bits per heavy atom. The first kappa shape index (κ1) is 13.8. The van der Waals surface area contributed by atoms with Crippen LogP contribution in [-0.2, 0) is 0 Å². The first-order valence-corrected chi connectivity index (χ1v) is 6.52. The van der Waals surface area contributed by atoms with Crippen LogP contribution in [0.2, 0.25) is 0 Å². The molecule has 5 heteroatoms. The van der Waals surface area contributed by atoms with Crippen LogP contribution in [0.25, 0.3) is 0 Å². The van der Waals surface area contributed by atoms with Gasteiger partial charge in [0.15, 0.2) is 0 Å². The number of pyridine rings is 1. The fourth-order valence-electron chi connectivity index (χ4n) is 1.54. The molecule has 19 heavy (non-hydrogen) atoms. The van der Waals surface area contributed by atoms with Gasteiger partial charge in [-0.1, -0.05) is 0 Å². The molecule has 1 saturated carbocycles. The maximum atomic E-state index is 12.0. The van der Waals surface area contributed by atoms with Gasteiger partial charge in [0.25, 0.3) is 5.91 Å². The van der Waals surface area contributed by atoms with E-state index in [0.29, 0.717) is 24.0 Å². The third-order valence-electron chi connectivity index (χ3n) is 3.01. The molecule has 2 rings (SSSR count). The predicted octanol–water partition coefficient (Wildman–Crippen LogP) is 1.37. The van der Waals surface area contributed by atoms with E-state index in [1.54, 1.807) is 32.2 Å². The van der Waals surface area contributed by atoms with Crippen molar-refractivity contribution >= 4 is 5.91 Å². The van der Waals surface area contributed by atoms with Crippen molar-refractivity contribution in [2.24, 2.45) is 5.92 Å². The summed E-state index contributed by atoms with van der Waals surface area (Å²) >= 11 is 0. The molecular formula is C14H20N2O3. The molecule has 0 radical (unpaired) electrons. The van der Waals surface area contributed by atoms with Crippen LogP contribution in [0.5, 0.6) is 5.88 Å². The molecule has 104 valence electrons. The van der Waals surface area contributed by atoms with Gasteiger partial charge in [-0.25, -0.2) is 4.98 Å². The summed E-state index contributed by atoms with van der Waals surface area (Å²) in [6.07, 6.45) is 3.98. The average Bonchev–Trinajstić information content (AvgIpc) is 3.20. The quantitative estimate of drug-likeness (QED) is 0.814. The van der Waals surface area contributed by atoms with Gasteiger partial charge in [-0.3, -0.25) is 4.79 Å². The lowest BCUT2D eigenvalue weighted by atomic mass is 10.1. The highest BCUT2D eigenvalue weighted by Crippen LogP contribution is 2.29. The van der Waals surface area contributed by atoms with Crippen molar-refractivity contribution < 1.29 is 14.6 Å². The zero-order chi connectivity index (χ0) is 13.9. The normalized spacial score (nSPS) is 15.1. The number of rotatable bonds is 6.